The normalized spacial score (nSPS) is 11.6. The molecule has 0 radical (unpaired) electrons. The zero-order valence-corrected chi connectivity index (χ0v) is 16.6. The Hall–Kier alpha value is -2.58. The van der Waals surface area contributed by atoms with E-state index in [1.807, 2.05) is 68.4 Å². The van der Waals surface area contributed by atoms with Crippen LogP contribution in [0.4, 0.5) is 10.8 Å². The van der Waals surface area contributed by atoms with Crippen LogP contribution < -0.4 is 15.4 Å². The van der Waals surface area contributed by atoms with Gasteiger partial charge in [0.15, 0.2) is 4.34 Å². The van der Waals surface area contributed by atoms with E-state index in [0.717, 1.165) is 21.5 Å². The number of benzene rings is 2. The number of hydrogen-bond donors (Lipinski definition) is 2. The molecule has 2 N–H and O–H groups in total. The molecule has 8 heteroatoms. The Bertz CT molecular complexity index is 869. The summed E-state index contributed by atoms with van der Waals surface area (Å²) in [5, 5.41) is 14.8. The van der Waals surface area contributed by atoms with E-state index < -0.39 is 0 Å². The van der Waals surface area contributed by atoms with Crippen LogP contribution >= 0.6 is 23.1 Å². The highest BCUT2D eigenvalue weighted by molar-refractivity contribution is 8.02. The Balaban J connectivity index is 1.56. The molecule has 0 spiro atoms. The van der Waals surface area contributed by atoms with Crippen molar-refractivity contribution in [3.8, 4) is 11.5 Å². The van der Waals surface area contributed by atoms with Crippen LogP contribution in [0, 0.1) is 0 Å². The summed E-state index contributed by atoms with van der Waals surface area (Å²) in [6.45, 7) is 4.38. The molecule has 3 rings (SSSR count). The fraction of sp³-hybridized carbons (Fsp3) is 0.211. The van der Waals surface area contributed by atoms with E-state index >= 15 is 0 Å². The summed E-state index contributed by atoms with van der Waals surface area (Å²) >= 11 is 2.82. The van der Waals surface area contributed by atoms with Crippen LogP contribution in [0.3, 0.4) is 0 Å². The Morgan fingerprint density at radius 3 is 2.52 bits per heavy atom. The summed E-state index contributed by atoms with van der Waals surface area (Å²) in [6, 6.07) is 17.3. The van der Waals surface area contributed by atoms with Crippen LogP contribution in [0.5, 0.6) is 11.5 Å². The Kier molecular flexibility index (Phi) is 6.67. The molecule has 0 aliphatic heterocycles. The number of para-hydroxylation sites is 1. The van der Waals surface area contributed by atoms with Crippen LogP contribution in [-0.2, 0) is 4.79 Å². The summed E-state index contributed by atoms with van der Waals surface area (Å²) in [7, 11) is 0. The summed E-state index contributed by atoms with van der Waals surface area (Å²) in [5.41, 5.74) is 0.889. The number of carbonyl (C=O) groups is 1. The fourth-order valence-electron chi connectivity index (χ4n) is 2.19. The number of hydrogen-bond acceptors (Lipinski definition) is 7. The molecule has 1 heterocycles. The van der Waals surface area contributed by atoms with Crippen molar-refractivity contribution in [2.24, 2.45) is 0 Å². The lowest BCUT2D eigenvalue weighted by molar-refractivity contribution is -0.120. The van der Waals surface area contributed by atoms with Gasteiger partial charge < -0.3 is 15.4 Å². The van der Waals surface area contributed by atoms with Gasteiger partial charge in [-0.2, -0.15) is 0 Å². The van der Waals surface area contributed by atoms with Crippen LogP contribution in [0.25, 0.3) is 0 Å². The highest BCUT2D eigenvalue weighted by atomic mass is 32.2. The molecule has 27 heavy (non-hydrogen) atoms. The smallest absolute Gasteiger partial charge is 0.233 e. The third-order valence-electron chi connectivity index (χ3n) is 3.49. The first-order chi connectivity index (χ1) is 13.1. The molecule has 0 unspecified atom stereocenters. The predicted octanol–water partition coefficient (Wildman–Crippen LogP) is 4.69. The Morgan fingerprint density at radius 2 is 1.81 bits per heavy atom. The number of thioether (sulfide) groups is 1. The zero-order chi connectivity index (χ0) is 19.1. The van der Waals surface area contributed by atoms with E-state index in [1.54, 1.807) is 0 Å². The molecule has 0 bridgehead atoms. The van der Waals surface area contributed by atoms with Gasteiger partial charge in [-0.1, -0.05) is 41.3 Å². The minimum atomic E-state index is -0.208. The maximum atomic E-state index is 11.8. The minimum Gasteiger partial charge on any atom is -0.457 e. The second-order valence-corrected chi connectivity index (χ2v) is 8.16. The van der Waals surface area contributed by atoms with E-state index in [0.29, 0.717) is 11.7 Å². The van der Waals surface area contributed by atoms with Crippen molar-refractivity contribution in [1.82, 2.24) is 15.5 Å². The molecule has 2 aromatic carbocycles. The average molecular weight is 401 g/mol. The van der Waals surface area contributed by atoms with Crippen LogP contribution in [-0.4, -0.2) is 27.9 Å². The first-order valence-corrected chi connectivity index (χ1v) is 10.2. The Labute approximate surface area is 166 Å². The first kappa shape index (κ1) is 19.2. The summed E-state index contributed by atoms with van der Waals surface area (Å²) in [6.07, 6.45) is 0. The lowest BCUT2D eigenvalue weighted by Crippen LogP contribution is -2.30. The minimum absolute atomic E-state index is 0.00112. The summed E-state index contributed by atoms with van der Waals surface area (Å²) < 4.78 is 6.53. The molecular weight excluding hydrogens is 380 g/mol. The number of rotatable bonds is 8. The number of nitrogens with zero attached hydrogens (tertiary/aromatic N) is 2. The number of nitrogens with one attached hydrogen (secondary N) is 2. The molecule has 1 atom stereocenters. The molecule has 3 aromatic rings. The zero-order valence-electron chi connectivity index (χ0n) is 15.0. The van der Waals surface area contributed by atoms with Crippen LogP contribution in [0.15, 0.2) is 58.9 Å². The van der Waals surface area contributed by atoms with Gasteiger partial charge in [-0.15, -0.1) is 10.2 Å². The van der Waals surface area contributed by atoms with Gasteiger partial charge in [0.1, 0.15) is 11.5 Å². The van der Waals surface area contributed by atoms with Crippen molar-refractivity contribution in [2.45, 2.75) is 23.4 Å². The van der Waals surface area contributed by atoms with Crippen molar-refractivity contribution in [3.05, 3.63) is 54.6 Å². The SMILES string of the molecule is CCNC(=O)[C@H](C)Sc1nnc(Nc2ccc(Oc3ccccc3)cc2)s1. The molecule has 0 saturated heterocycles. The van der Waals surface area contributed by atoms with Crippen molar-refractivity contribution in [1.29, 1.82) is 0 Å². The number of amides is 1. The number of anilines is 2. The quantitative estimate of drug-likeness (QED) is 0.534. The highest BCUT2D eigenvalue weighted by Crippen LogP contribution is 2.31. The van der Waals surface area contributed by atoms with Gasteiger partial charge in [0.25, 0.3) is 0 Å². The second kappa shape index (κ2) is 9.38. The summed E-state index contributed by atoms with van der Waals surface area (Å²) in [4.78, 5) is 11.8. The van der Waals surface area contributed by atoms with E-state index in [9.17, 15) is 4.79 Å². The van der Waals surface area contributed by atoms with E-state index in [4.69, 9.17) is 4.74 Å². The van der Waals surface area contributed by atoms with Gasteiger partial charge in [0.2, 0.25) is 11.0 Å². The lowest BCUT2D eigenvalue weighted by atomic mass is 10.3. The predicted molar refractivity (Wildman–Crippen MR) is 110 cm³/mol. The average Bonchev–Trinajstić information content (AvgIpc) is 3.11. The van der Waals surface area contributed by atoms with E-state index in [-0.39, 0.29) is 11.2 Å². The van der Waals surface area contributed by atoms with Crippen LogP contribution in [0.1, 0.15) is 13.8 Å². The maximum absolute atomic E-state index is 11.8. The second-order valence-electron chi connectivity index (χ2n) is 5.59. The molecule has 0 saturated carbocycles. The summed E-state index contributed by atoms with van der Waals surface area (Å²) in [5.74, 6) is 1.56. The molecule has 1 aromatic heterocycles. The van der Waals surface area contributed by atoms with Gasteiger partial charge >= 0.3 is 0 Å². The highest BCUT2D eigenvalue weighted by Gasteiger charge is 2.16. The van der Waals surface area contributed by atoms with Gasteiger partial charge in [0.05, 0.1) is 5.25 Å². The topological polar surface area (TPSA) is 76.1 Å². The Morgan fingerprint density at radius 1 is 1.11 bits per heavy atom. The standard InChI is InChI=1S/C19H20N4O2S2/c1-3-20-17(24)13(2)26-19-23-22-18(27-19)21-14-9-11-16(12-10-14)25-15-7-5-4-6-8-15/h4-13H,3H2,1-2H3,(H,20,24)(H,21,22)/t13-/m0/s1. The third-order valence-corrected chi connectivity index (χ3v) is 5.51. The van der Waals surface area contributed by atoms with Gasteiger partial charge in [-0.25, -0.2) is 0 Å². The van der Waals surface area contributed by atoms with E-state index in [1.165, 1.54) is 23.1 Å². The van der Waals surface area contributed by atoms with Crippen molar-refractivity contribution in [3.63, 3.8) is 0 Å². The molecule has 0 aliphatic rings. The molecule has 0 aliphatic carbocycles. The van der Waals surface area contributed by atoms with Gasteiger partial charge in [0, 0.05) is 12.2 Å². The molecular formula is C19H20N4O2S2. The van der Waals surface area contributed by atoms with Crippen molar-refractivity contribution in [2.75, 3.05) is 11.9 Å². The first-order valence-electron chi connectivity index (χ1n) is 8.52. The van der Waals surface area contributed by atoms with Crippen molar-refractivity contribution < 1.29 is 9.53 Å². The lowest BCUT2D eigenvalue weighted by Gasteiger charge is -2.08. The number of carbonyl (C=O) groups excluding carboxylic acids is 1. The molecule has 0 fully saturated rings. The number of aromatic nitrogens is 2. The molecule has 140 valence electrons. The van der Waals surface area contributed by atoms with Gasteiger partial charge in [-0.3, -0.25) is 4.79 Å². The third kappa shape index (κ3) is 5.70. The van der Waals surface area contributed by atoms with Crippen LogP contribution in [0.2, 0.25) is 0 Å². The molecule has 1 amide bonds. The largest absolute Gasteiger partial charge is 0.457 e. The van der Waals surface area contributed by atoms with Gasteiger partial charge in [-0.05, 0) is 50.2 Å². The fourth-order valence-corrected chi connectivity index (χ4v) is 4.13. The van der Waals surface area contributed by atoms with Crippen molar-refractivity contribution >= 4 is 39.8 Å². The maximum Gasteiger partial charge on any atom is 0.233 e. The monoisotopic (exact) mass is 400 g/mol. The molecule has 6 nitrogen and oxygen atoms in total. The number of ether oxygens (including phenoxy) is 1. The van der Waals surface area contributed by atoms with E-state index in [2.05, 4.69) is 20.8 Å².